The molecule has 148 valence electrons. The second-order valence-electron chi connectivity index (χ2n) is 6.63. The standard InChI is InChI=1S/C20H23ClN4O3/c1-12(2)7-8-25-19(17(21)18(24-25)14(10-22)11-23-3)13-5-4-6-15(20(27)28)16(26)9-13/h4-6,9-12H,7-8,22H2,1-3H3,(H,27,28). The molecule has 1 aromatic carbocycles. The van der Waals surface area contributed by atoms with Crippen molar-refractivity contribution in [3.05, 3.63) is 57.0 Å². The predicted octanol–water partition coefficient (Wildman–Crippen LogP) is 3.31. The second-order valence-corrected chi connectivity index (χ2v) is 7.01. The fourth-order valence-electron chi connectivity index (χ4n) is 2.69. The highest BCUT2D eigenvalue weighted by molar-refractivity contribution is 6.36. The van der Waals surface area contributed by atoms with E-state index in [4.69, 9.17) is 17.3 Å². The molecule has 0 amide bonds. The molecule has 0 aliphatic carbocycles. The Bertz CT molecular complexity index is 993. The van der Waals surface area contributed by atoms with Gasteiger partial charge in [-0.15, -0.1) is 0 Å². The first-order chi connectivity index (χ1) is 13.3. The molecule has 0 saturated carbocycles. The van der Waals surface area contributed by atoms with E-state index in [1.165, 1.54) is 24.4 Å². The summed E-state index contributed by atoms with van der Waals surface area (Å²) in [5, 5.41) is 14.1. The monoisotopic (exact) mass is 402 g/mol. The first-order valence-corrected chi connectivity index (χ1v) is 9.16. The summed E-state index contributed by atoms with van der Waals surface area (Å²) in [5.41, 5.74) is 6.80. The van der Waals surface area contributed by atoms with Gasteiger partial charge in [0.05, 0.1) is 10.7 Å². The van der Waals surface area contributed by atoms with Crippen LogP contribution in [0.5, 0.6) is 0 Å². The number of hydrogen-bond acceptors (Lipinski definition) is 5. The second kappa shape index (κ2) is 9.32. The molecule has 0 saturated heterocycles. The van der Waals surface area contributed by atoms with Crippen LogP contribution in [0.3, 0.4) is 0 Å². The third kappa shape index (κ3) is 4.67. The summed E-state index contributed by atoms with van der Waals surface area (Å²) in [6, 6.07) is 5.70. The average molecular weight is 403 g/mol. The van der Waals surface area contributed by atoms with Gasteiger partial charge in [-0.2, -0.15) is 5.10 Å². The number of nitrogens with two attached hydrogens (primary N) is 1. The first-order valence-electron chi connectivity index (χ1n) is 8.78. The van der Waals surface area contributed by atoms with Crippen LogP contribution in [0, 0.1) is 5.92 Å². The molecule has 3 N–H and O–H groups in total. The van der Waals surface area contributed by atoms with Crippen molar-refractivity contribution in [2.45, 2.75) is 26.8 Å². The van der Waals surface area contributed by atoms with E-state index >= 15 is 0 Å². The number of nitrogens with zero attached hydrogens (tertiary/aromatic N) is 3. The van der Waals surface area contributed by atoms with Gasteiger partial charge in [-0.05, 0) is 24.5 Å². The molecule has 1 heterocycles. The lowest BCUT2D eigenvalue weighted by Crippen LogP contribution is -2.11. The molecule has 0 atom stereocenters. The largest absolute Gasteiger partial charge is 0.478 e. The molecule has 2 aromatic rings. The van der Waals surface area contributed by atoms with Gasteiger partial charge in [0, 0.05) is 37.1 Å². The van der Waals surface area contributed by atoms with E-state index in [1.54, 1.807) is 24.0 Å². The minimum atomic E-state index is -1.28. The van der Waals surface area contributed by atoms with Crippen molar-refractivity contribution in [2.75, 3.05) is 7.05 Å². The maximum atomic E-state index is 12.3. The van der Waals surface area contributed by atoms with Crippen LogP contribution in [0.25, 0.3) is 16.8 Å². The van der Waals surface area contributed by atoms with Crippen molar-refractivity contribution in [2.24, 2.45) is 16.6 Å². The highest BCUT2D eigenvalue weighted by Gasteiger charge is 2.20. The van der Waals surface area contributed by atoms with Crippen molar-refractivity contribution >= 4 is 29.4 Å². The Hall–Kier alpha value is -2.93. The van der Waals surface area contributed by atoms with Crippen molar-refractivity contribution < 1.29 is 9.90 Å². The Morgan fingerprint density at radius 2 is 2.14 bits per heavy atom. The molecule has 1 aromatic heterocycles. The van der Waals surface area contributed by atoms with E-state index < -0.39 is 11.4 Å². The molecular weight excluding hydrogens is 380 g/mol. The van der Waals surface area contributed by atoms with Crippen LogP contribution in [0.4, 0.5) is 0 Å². The topological polar surface area (TPSA) is 111 Å². The minimum absolute atomic E-state index is 0.309. The molecular formula is C20H23ClN4O3. The zero-order valence-electron chi connectivity index (χ0n) is 16.0. The summed E-state index contributed by atoms with van der Waals surface area (Å²) in [4.78, 5) is 27.6. The highest BCUT2D eigenvalue weighted by Crippen LogP contribution is 2.33. The van der Waals surface area contributed by atoms with E-state index in [0.717, 1.165) is 6.42 Å². The molecule has 0 aliphatic rings. The quantitative estimate of drug-likeness (QED) is 0.690. The van der Waals surface area contributed by atoms with E-state index in [0.29, 0.717) is 40.0 Å². The molecule has 28 heavy (non-hydrogen) atoms. The van der Waals surface area contributed by atoms with Crippen LogP contribution in [-0.2, 0) is 6.54 Å². The third-order valence-corrected chi connectivity index (χ3v) is 4.49. The van der Waals surface area contributed by atoms with Gasteiger partial charge in [0.25, 0.3) is 0 Å². The summed E-state index contributed by atoms with van der Waals surface area (Å²) < 4.78 is 1.72. The number of rotatable bonds is 7. The van der Waals surface area contributed by atoms with Crippen molar-refractivity contribution in [1.82, 2.24) is 9.78 Å². The summed E-state index contributed by atoms with van der Waals surface area (Å²) in [5.74, 6) is -0.846. The number of carbonyl (C=O) groups is 1. The number of halogens is 1. The first kappa shape index (κ1) is 21.4. The van der Waals surface area contributed by atoms with E-state index in [-0.39, 0.29) is 5.56 Å². The molecule has 0 fully saturated rings. The SMILES string of the molecule is CN=CC(=CN)c1nn(CCC(C)C)c(-c2cccc(C(=O)O)c(=O)c2)c1Cl. The number of aryl methyl sites for hydroxylation is 1. The number of carboxylic acids is 1. The maximum absolute atomic E-state index is 12.3. The predicted molar refractivity (Wildman–Crippen MR) is 112 cm³/mol. The number of aromatic carboxylic acids is 1. The van der Waals surface area contributed by atoms with Gasteiger partial charge in [0.2, 0.25) is 0 Å². The fraction of sp³-hybridized carbons (Fsp3) is 0.300. The summed E-state index contributed by atoms with van der Waals surface area (Å²) >= 11 is 6.63. The van der Waals surface area contributed by atoms with Gasteiger partial charge in [-0.3, -0.25) is 14.5 Å². The molecule has 2 rings (SSSR count). The van der Waals surface area contributed by atoms with E-state index in [9.17, 15) is 14.7 Å². The Labute approximate surface area is 168 Å². The van der Waals surface area contributed by atoms with Crippen LogP contribution in [0.2, 0.25) is 5.02 Å². The minimum Gasteiger partial charge on any atom is -0.478 e. The molecule has 0 radical (unpaired) electrons. The van der Waals surface area contributed by atoms with Crippen molar-refractivity contribution in [3.63, 3.8) is 0 Å². The van der Waals surface area contributed by atoms with Crippen LogP contribution in [0.1, 0.15) is 36.3 Å². The number of carboxylic acid groups (broad SMARTS) is 1. The lowest BCUT2D eigenvalue weighted by molar-refractivity contribution is 0.0695. The van der Waals surface area contributed by atoms with Crippen LogP contribution in [-0.4, -0.2) is 34.1 Å². The molecule has 8 heteroatoms. The Kier molecular flexibility index (Phi) is 7.12. The molecule has 0 unspecified atom stereocenters. The van der Waals surface area contributed by atoms with Gasteiger partial charge in [0.1, 0.15) is 11.3 Å². The Morgan fingerprint density at radius 1 is 1.43 bits per heavy atom. The lowest BCUT2D eigenvalue weighted by Gasteiger charge is -2.09. The summed E-state index contributed by atoms with van der Waals surface area (Å²) in [6.07, 6.45) is 3.76. The van der Waals surface area contributed by atoms with Crippen LogP contribution < -0.4 is 11.2 Å². The van der Waals surface area contributed by atoms with E-state index in [1.807, 2.05) is 0 Å². The lowest BCUT2D eigenvalue weighted by atomic mass is 10.1. The molecule has 0 bridgehead atoms. The van der Waals surface area contributed by atoms with Gasteiger partial charge in [-0.1, -0.05) is 37.6 Å². The zero-order valence-corrected chi connectivity index (χ0v) is 16.8. The average Bonchev–Trinajstić information content (AvgIpc) is 2.82. The van der Waals surface area contributed by atoms with Gasteiger partial charge >= 0.3 is 5.97 Å². The van der Waals surface area contributed by atoms with Crippen molar-refractivity contribution in [1.29, 1.82) is 0 Å². The molecule has 7 nitrogen and oxygen atoms in total. The van der Waals surface area contributed by atoms with Crippen LogP contribution in [0.15, 0.2) is 40.3 Å². The zero-order chi connectivity index (χ0) is 20.8. The molecule has 0 spiro atoms. The summed E-state index contributed by atoms with van der Waals surface area (Å²) in [6.45, 7) is 4.77. The Morgan fingerprint density at radius 3 is 2.71 bits per heavy atom. The maximum Gasteiger partial charge on any atom is 0.339 e. The van der Waals surface area contributed by atoms with Crippen LogP contribution >= 0.6 is 11.6 Å². The number of aromatic nitrogens is 2. The molecule has 0 aliphatic heterocycles. The van der Waals surface area contributed by atoms with E-state index in [2.05, 4.69) is 23.9 Å². The highest BCUT2D eigenvalue weighted by atomic mass is 35.5. The number of aliphatic imine (C=N–C) groups is 1. The Balaban J connectivity index is 2.73. The van der Waals surface area contributed by atoms with Gasteiger partial charge in [0.15, 0.2) is 5.43 Å². The van der Waals surface area contributed by atoms with Gasteiger partial charge in [-0.25, -0.2) is 4.79 Å². The van der Waals surface area contributed by atoms with Crippen molar-refractivity contribution in [3.8, 4) is 11.3 Å². The third-order valence-electron chi connectivity index (χ3n) is 4.13. The normalized spacial score (nSPS) is 12.1. The number of hydrogen-bond donors (Lipinski definition) is 2. The smallest absolute Gasteiger partial charge is 0.339 e. The fourth-order valence-corrected chi connectivity index (χ4v) is 3.04. The van der Waals surface area contributed by atoms with Gasteiger partial charge < -0.3 is 10.8 Å². The number of allylic oxidation sites excluding steroid dienone is 1. The summed E-state index contributed by atoms with van der Waals surface area (Å²) in [7, 11) is 1.61.